The van der Waals surface area contributed by atoms with Crippen molar-refractivity contribution >= 4 is 35.6 Å². The number of nitrogens with zero attached hydrogens (tertiary/aromatic N) is 2. The molecule has 0 spiro atoms. The topological polar surface area (TPSA) is 48.9 Å². The molecule has 0 aliphatic carbocycles. The lowest BCUT2D eigenvalue weighted by molar-refractivity contribution is 0.410. The normalized spacial score (nSPS) is 10.7. The van der Waals surface area contributed by atoms with Gasteiger partial charge in [0.2, 0.25) is 0 Å². The largest absolute Gasteiger partial charge is 0.496 e. The maximum absolute atomic E-state index is 5.39. The van der Waals surface area contributed by atoms with Crippen LogP contribution in [0.15, 0.2) is 53.5 Å². The average Bonchev–Trinajstić information content (AvgIpc) is 2.66. The molecular formula is C21H31IN4O. The first-order chi connectivity index (χ1) is 12.6. The van der Waals surface area contributed by atoms with Crippen LogP contribution in [0.1, 0.15) is 18.1 Å². The van der Waals surface area contributed by atoms with Crippen LogP contribution in [0.3, 0.4) is 0 Å². The molecule has 2 aromatic rings. The Kier molecular flexibility index (Phi) is 10.6. The van der Waals surface area contributed by atoms with Crippen molar-refractivity contribution in [2.24, 2.45) is 4.99 Å². The van der Waals surface area contributed by atoms with E-state index in [1.54, 1.807) is 7.11 Å². The van der Waals surface area contributed by atoms with Crippen LogP contribution < -0.4 is 20.3 Å². The van der Waals surface area contributed by atoms with Gasteiger partial charge < -0.3 is 20.3 Å². The first-order valence-corrected chi connectivity index (χ1v) is 9.04. The van der Waals surface area contributed by atoms with Gasteiger partial charge in [-0.25, -0.2) is 4.99 Å². The molecular weight excluding hydrogens is 451 g/mol. The summed E-state index contributed by atoms with van der Waals surface area (Å²) in [5.41, 5.74) is 3.60. The molecule has 0 bridgehead atoms. The van der Waals surface area contributed by atoms with E-state index < -0.39 is 0 Å². The van der Waals surface area contributed by atoms with Crippen molar-refractivity contribution in [2.75, 3.05) is 39.2 Å². The van der Waals surface area contributed by atoms with E-state index in [0.717, 1.165) is 36.8 Å². The number of para-hydroxylation sites is 1. The third-order valence-corrected chi connectivity index (χ3v) is 4.10. The predicted octanol–water partition coefficient (Wildman–Crippen LogP) is 3.68. The number of aliphatic imine (C=N–C) groups is 1. The second-order valence-electron chi connectivity index (χ2n) is 6.24. The van der Waals surface area contributed by atoms with Gasteiger partial charge in [0.05, 0.1) is 13.7 Å². The summed E-state index contributed by atoms with van der Waals surface area (Å²) in [5.74, 6) is 1.69. The third kappa shape index (κ3) is 7.66. The molecule has 2 N–H and O–H groups in total. The van der Waals surface area contributed by atoms with Gasteiger partial charge in [0.25, 0.3) is 0 Å². The van der Waals surface area contributed by atoms with Gasteiger partial charge in [-0.2, -0.15) is 0 Å². The SMILES string of the molecule is CCNC(=NCc1ccccc1OC)NCCc1ccc(N(C)C)cc1.I. The number of benzene rings is 2. The highest BCUT2D eigenvalue weighted by Crippen LogP contribution is 2.17. The number of halogens is 1. The van der Waals surface area contributed by atoms with E-state index in [2.05, 4.69) is 65.8 Å². The van der Waals surface area contributed by atoms with Gasteiger partial charge in [-0.1, -0.05) is 30.3 Å². The smallest absolute Gasteiger partial charge is 0.191 e. The first-order valence-electron chi connectivity index (χ1n) is 9.04. The monoisotopic (exact) mass is 482 g/mol. The molecule has 0 aliphatic rings. The van der Waals surface area contributed by atoms with E-state index in [9.17, 15) is 0 Å². The van der Waals surface area contributed by atoms with Crippen molar-refractivity contribution in [3.63, 3.8) is 0 Å². The Morgan fingerprint density at radius 1 is 1.04 bits per heavy atom. The zero-order chi connectivity index (χ0) is 18.8. The Balaban J connectivity index is 0.00000364. The lowest BCUT2D eigenvalue weighted by Crippen LogP contribution is -2.38. The quantitative estimate of drug-likeness (QED) is 0.343. The van der Waals surface area contributed by atoms with Gasteiger partial charge in [0.15, 0.2) is 5.96 Å². The van der Waals surface area contributed by atoms with E-state index >= 15 is 0 Å². The third-order valence-electron chi connectivity index (χ3n) is 4.10. The number of nitrogens with one attached hydrogen (secondary N) is 2. The summed E-state index contributed by atoms with van der Waals surface area (Å²) in [5, 5.41) is 6.69. The molecule has 0 fully saturated rings. The molecule has 0 saturated heterocycles. The van der Waals surface area contributed by atoms with Crippen LogP contribution >= 0.6 is 24.0 Å². The minimum absolute atomic E-state index is 0. The lowest BCUT2D eigenvalue weighted by Gasteiger charge is -2.14. The number of hydrogen-bond acceptors (Lipinski definition) is 3. The molecule has 148 valence electrons. The van der Waals surface area contributed by atoms with Crippen LogP contribution in [-0.4, -0.2) is 40.3 Å². The molecule has 0 atom stereocenters. The number of anilines is 1. The zero-order valence-corrected chi connectivity index (χ0v) is 19.0. The molecule has 0 aliphatic heterocycles. The van der Waals surface area contributed by atoms with Crippen molar-refractivity contribution in [2.45, 2.75) is 19.9 Å². The Morgan fingerprint density at radius 3 is 2.37 bits per heavy atom. The summed E-state index contributed by atoms with van der Waals surface area (Å²) in [6, 6.07) is 16.6. The number of ether oxygens (including phenoxy) is 1. The molecule has 5 nitrogen and oxygen atoms in total. The Bertz CT molecular complexity index is 702. The molecule has 0 saturated carbocycles. The van der Waals surface area contributed by atoms with Gasteiger partial charge in [0.1, 0.15) is 5.75 Å². The van der Waals surface area contributed by atoms with Crippen LogP contribution in [-0.2, 0) is 13.0 Å². The molecule has 0 aromatic heterocycles. The van der Waals surface area contributed by atoms with Gasteiger partial charge in [-0.15, -0.1) is 24.0 Å². The summed E-state index contributed by atoms with van der Waals surface area (Å²) in [6.07, 6.45) is 0.951. The fourth-order valence-electron chi connectivity index (χ4n) is 2.63. The summed E-state index contributed by atoms with van der Waals surface area (Å²) in [6.45, 7) is 4.31. The highest BCUT2D eigenvalue weighted by molar-refractivity contribution is 14.0. The molecule has 0 unspecified atom stereocenters. The molecule has 0 amide bonds. The van der Waals surface area contributed by atoms with Gasteiger partial charge in [-0.3, -0.25) is 0 Å². The minimum Gasteiger partial charge on any atom is -0.496 e. The lowest BCUT2D eigenvalue weighted by atomic mass is 10.1. The van der Waals surface area contributed by atoms with Crippen molar-refractivity contribution in [1.29, 1.82) is 0 Å². The Morgan fingerprint density at radius 2 is 1.74 bits per heavy atom. The average molecular weight is 482 g/mol. The standard InChI is InChI=1S/C21H30N4O.HI/c1-5-22-21(24-16-18-8-6-7-9-20(18)26-4)23-15-14-17-10-12-19(13-11-17)25(2)3;/h6-13H,5,14-16H2,1-4H3,(H2,22,23,24);1H. The number of methoxy groups -OCH3 is 1. The fourth-order valence-corrected chi connectivity index (χ4v) is 2.63. The Hall–Kier alpha value is -1.96. The zero-order valence-electron chi connectivity index (χ0n) is 16.7. The van der Waals surface area contributed by atoms with E-state index in [0.29, 0.717) is 6.54 Å². The van der Waals surface area contributed by atoms with Gasteiger partial charge in [-0.05, 0) is 37.1 Å². The molecule has 27 heavy (non-hydrogen) atoms. The van der Waals surface area contributed by atoms with E-state index in [4.69, 9.17) is 4.74 Å². The van der Waals surface area contributed by atoms with Crippen LogP contribution in [0.5, 0.6) is 5.75 Å². The highest BCUT2D eigenvalue weighted by atomic mass is 127. The van der Waals surface area contributed by atoms with Crippen molar-refractivity contribution < 1.29 is 4.74 Å². The molecule has 2 aromatic carbocycles. The minimum atomic E-state index is 0. The number of hydrogen-bond donors (Lipinski definition) is 2. The number of guanidine groups is 1. The van der Waals surface area contributed by atoms with Crippen LogP contribution in [0.4, 0.5) is 5.69 Å². The van der Waals surface area contributed by atoms with Gasteiger partial charge in [0, 0.05) is 38.4 Å². The summed E-state index contributed by atoms with van der Waals surface area (Å²) < 4.78 is 5.39. The molecule has 2 rings (SSSR count). The molecule has 0 radical (unpaired) electrons. The predicted molar refractivity (Wildman–Crippen MR) is 126 cm³/mol. The van der Waals surface area contributed by atoms with E-state index in [-0.39, 0.29) is 24.0 Å². The maximum atomic E-state index is 5.39. The van der Waals surface area contributed by atoms with Crippen LogP contribution in [0.2, 0.25) is 0 Å². The van der Waals surface area contributed by atoms with Gasteiger partial charge >= 0.3 is 0 Å². The van der Waals surface area contributed by atoms with E-state index in [1.807, 2.05) is 24.3 Å². The highest BCUT2D eigenvalue weighted by Gasteiger charge is 2.03. The molecule has 0 heterocycles. The Labute approximate surface area is 180 Å². The van der Waals surface area contributed by atoms with Crippen molar-refractivity contribution in [1.82, 2.24) is 10.6 Å². The summed E-state index contributed by atoms with van der Waals surface area (Å²) in [4.78, 5) is 6.78. The van der Waals surface area contributed by atoms with Crippen LogP contribution in [0.25, 0.3) is 0 Å². The van der Waals surface area contributed by atoms with E-state index in [1.165, 1.54) is 11.3 Å². The first kappa shape index (κ1) is 23.1. The van der Waals surface area contributed by atoms with Crippen molar-refractivity contribution in [3.05, 3.63) is 59.7 Å². The summed E-state index contributed by atoms with van der Waals surface area (Å²) >= 11 is 0. The fraction of sp³-hybridized carbons (Fsp3) is 0.381. The number of rotatable bonds is 8. The van der Waals surface area contributed by atoms with Crippen LogP contribution in [0, 0.1) is 0 Å². The van der Waals surface area contributed by atoms with Crippen molar-refractivity contribution in [3.8, 4) is 5.75 Å². The summed E-state index contributed by atoms with van der Waals surface area (Å²) in [7, 11) is 5.79. The second-order valence-corrected chi connectivity index (χ2v) is 6.24. The maximum Gasteiger partial charge on any atom is 0.191 e. The molecule has 6 heteroatoms. The second kappa shape index (κ2) is 12.4.